The first-order valence-corrected chi connectivity index (χ1v) is 8.11. The Morgan fingerprint density at radius 3 is 2.17 bits per heavy atom. The summed E-state index contributed by atoms with van der Waals surface area (Å²) in [5.74, 6) is -1.53. The summed E-state index contributed by atoms with van der Waals surface area (Å²) in [6.07, 6.45) is 0. The van der Waals surface area contributed by atoms with Crippen LogP contribution in [-0.4, -0.2) is 28.7 Å². The van der Waals surface area contributed by atoms with Crippen LogP contribution in [0.1, 0.15) is 0 Å². The Labute approximate surface area is 132 Å². The molecule has 124 valence electrons. The molecule has 0 aliphatic carbocycles. The largest absolute Gasteiger partial charge is 0.491 e. The molecule has 2 rings (SSSR count). The van der Waals surface area contributed by atoms with Gasteiger partial charge >= 0.3 is 0 Å². The number of benzene rings is 2. The number of para-hydroxylation sites is 1. The van der Waals surface area contributed by atoms with Gasteiger partial charge in [0.1, 0.15) is 29.7 Å². The molecule has 2 aromatic carbocycles. The van der Waals surface area contributed by atoms with Crippen molar-refractivity contribution in [1.82, 2.24) is 0 Å². The molecule has 0 unspecified atom stereocenters. The van der Waals surface area contributed by atoms with Crippen molar-refractivity contribution >= 4 is 15.7 Å². The number of hydrogen-bond acceptors (Lipinski definition) is 4. The highest BCUT2D eigenvalue weighted by Crippen LogP contribution is 2.23. The number of anilines is 1. The molecule has 0 heterocycles. The highest BCUT2D eigenvalue weighted by atomic mass is 32.2. The zero-order chi connectivity index (χ0) is 16.9. The van der Waals surface area contributed by atoms with Gasteiger partial charge in [0.25, 0.3) is 10.0 Å². The molecule has 0 amide bonds. The number of sulfonamides is 1. The molecule has 5 nitrogen and oxygen atoms in total. The Kier molecular flexibility index (Phi) is 5.51. The second-order valence-electron chi connectivity index (χ2n) is 4.51. The molecule has 0 fully saturated rings. The third-order valence-corrected chi connectivity index (χ3v) is 4.26. The number of ether oxygens (including phenoxy) is 2. The van der Waals surface area contributed by atoms with Crippen molar-refractivity contribution in [2.75, 3.05) is 25.0 Å². The lowest BCUT2D eigenvalue weighted by atomic mass is 10.3. The summed E-state index contributed by atoms with van der Waals surface area (Å²) >= 11 is 0. The van der Waals surface area contributed by atoms with E-state index in [0.717, 1.165) is 18.2 Å². The molecule has 0 radical (unpaired) electrons. The SMILES string of the molecule is COCCOc1ccc(S(=O)(=O)Nc2c(F)cccc2F)cc1. The van der Waals surface area contributed by atoms with E-state index in [0.29, 0.717) is 19.0 Å². The minimum absolute atomic E-state index is 0.140. The normalized spacial score (nSPS) is 11.3. The third kappa shape index (κ3) is 4.40. The minimum atomic E-state index is -4.11. The monoisotopic (exact) mass is 343 g/mol. The fourth-order valence-electron chi connectivity index (χ4n) is 1.75. The molecule has 23 heavy (non-hydrogen) atoms. The van der Waals surface area contributed by atoms with Gasteiger partial charge in [-0.1, -0.05) is 6.07 Å². The van der Waals surface area contributed by atoms with Crippen molar-refractivity contribution < 1.29 is 26.7 Å². The molecule has 1 N–H and O–H groups in total. The van der Waals surface area contributed by atoms with Crippen LogP contribution >= 0.6 is 0 Å². The fraction of sp³-hybridized carbons (Fsp3) is 0.200. The summed E-state index contributed by atoms with van der Waals surface area (Å²) < 4.78 is 63.5. The van der Waals surface area contributed by atoms with E-state index < -0.39 is 27.3 Å². The lowest BCUT2D eigenvalue weighted by Crippen LogP contribution is -2.15. The van der Waals surface area contributed by atoms with E-state index in [2.05, 4.69) is 0 Å². The van der Waals surface area contributed by atoms with Gasteiger partial charge in [-0.25, -0.2) is 17.2 Å². The molecule has 0 aliphatic heterocycles. The van der Waals surface area contributed by atoms with E-state index in [4.69, 9.17) is 9.47 Å². The van der Waals surface area contributed by atoms with Crippen molar-refractivity contribution in [3.63, 3.8) is 0 Å². The summed E-state index contributed by atoms with van der Waals surface area (Å²) in [7, 11) is -2.58. The second kappa shape index (κ2) is 7.38. The molecule has 0 aromatic heterocycles. The third-order valence-electron chi connectivity index (χ3n) is 2.89. The fourth-order valence-corrected chi connectivity index (χ4v) is 2.82. The Morgan fingerprint density at radius 1 is 1.00 bits per heavy atom. The number of nitrogens with one attached hydrogen (secondary N) is 1. The number of methoxy groups -OCH3 is 1. The summed E-state index contributed by atoms with van der Waals surface area (Å²) in [6.45, 7) is 0.718. The van der Waals surface area contributed by atoms with Crippen LogP contribution in [0.25, 0.3) is 0 Å². The Balaban J connectivity index is 2.16. The predicted molar refractivity (Wildman–Crippen MR) is 81.0 cm³/mol. The highest BCUT2D eigenvalue weighted by Gasteiger charge is 2.19. The maximum absolute atomic E-state index is 13.5. The highest BCUT2D eigenvalue weighted by molar-refractivity contribution is 7.92. The summed E-state index contributed by atoms with van der Waals surface area (Å²) in [5, 5.41) is 0. The maximum Gasteiger partial charge on any atom is 0.262 e. The van der Waals surface area contributed by atoms with E-state index >= 15 is 0 Å². The molecule has 0 bridgehead atoms. The molecule has 0 saturated heterocycles. The lowest BCUT2D eigenvalue weighted by Gasteiger charge is -2.10. The van der Waals surface area contributed by atoms with Crippen LogP contribution < -0.4 is 9.46 Å². The van der Waals surface area contributed by atoms with Crippen LogP contribution in [-0.2, 0) is 14.8 Å². The van der Waals surface area contributed by atoms with Gasteiger partial charge < -0.3 is 9.47 Å². The zero-order valence-electron chi connectivity index (χ0n) is 12.3. The molecular formula is C15H15F2NO4S. The molecular weight excluding hydrogens is 328 g/mol. The van der Waals surface area contributed by atoms with E-state index in [1.54, 1.807) is 0 Å². The Hall–Kier alpha value is -2.19. The minimum Gasteiger partial charge on any atom is -0.491 e. The van der Waals surface area contributed by atoms with E-state index in [9.17, 15) is 17.2 Å². The standard InChI is InChI=1S/C15H15F2NO4S/c1-21-9-10-22-11-5-7-12(8-6-11)23(19,20)18-15-13(16)3-2-4-14(15)17/h2-8,18H,9-10H2,1H3. The number of hydrogen-bond donors (Lipinski definition) is 1. The van der Waals surface area contributed by atoms with E-state index in [1.165, 1.54) is 31.4 Å². The van der Waals surface area contributed by atoms with Crippen molar-refractivity contribution in [2.45, 2.75) is 4.90 Å². The topological polar surface area (TPSA) is 64.6 Å². The summed E-state index contributed by atoms with van der Waals surface area (Å²) in [5.41, 5.74) is -0.715. The first-order chi connectivity index (χ1) is 10.9. The van der Waals surface area contributed by atoms with Crippen LogP contribution in [0.4, 0.5) is 14.5 Å². The maximum atomic E-state index is 13.5. The molecule has 0 saturated carbocycles. The average molecular weight is 343 g/mol. The molecule has 0 aliphatic rings. The Bertz CT molecular complexity index is 743. The van der Waals surface area contributed by atoms with E-state index in [1.807, 2.05) is 4.72 Å². The molecule has 2 aromatic rings. The van der Waals surface area contributed by atoms with Gasteiger partial charge in [0.15, 0.2) is 0 Å². The smallest absolute Gasteiger partial charge is 0.262 e. The van der Waals surface area contributed by atoms with Crippen molar-refractivity contribution in [3.8, 4) is 5.75 Å². The van der Waals surface area contributed by atoms with Gasteiger partial charge in [-0.15, -0.1) is 0 Å². The van der Waals surface area contributed by atoms with Crippen LogP contribution in [0.2, 0.25) is 0 Å². The first kappa shape index (κ1) is 17.2. The van der Waals surface area contributed by atoms with Crippen molar-refractivity contribution in [1.29, 1.82) is 0 Å². The van der Waals surface area contributed by atoms with Gasteiger partial charge in [-0.05, 0) is 36.4 Å². The van der Waals surface area contributed by atoms with Gasteiger partial charge in [-0.2, -0.15) is 0 Å². The number of halogens is 2. The average Bonchev–Trinajstić information content (AvgIpc) is 2.52. The van der Waals surface area contributed by atoms with Crippen LogP contribution in [0, 0.1) is 11.6 Å². The van der Waals surface area contributed by atoms with Crippen molar-refractivity contribution in [3.05, 3.63) is 54.1 Å². The van der Waals surface area contributed by atoms with Gasteiger partial charge in [0.2, 0.25) is 0 Å². The van der Waals surface area contributed by atoms with Gasteiger partial charge in [0.05, 0.1) is 11.5 Å². The van der Waals surface area contributed by atoms with Gasteiger partial charge in [-0.3, -0.25) is 4.72 Å². The molecule has 8 heteroatoms. The predicted octanol–water partition coefficient (Wildman–Crippen LogP) is 2.79. The van der Waals surface area contributed by atoms with Gasteiger partial charge in [0, 0.05) is 7.11 Å². The van der Waals surface area contributed by atoms with E-state index in [-0.39, 0.29) is 4.90 Å². The van der Waals surface area contributed by atoms with Crippen molar-refractivity contribution in [2.24, 2.45) is 0 Å². The zero-order valence-corrected chi connectivity index (χ0v) is 13.1. The number of rotatable bonds is 7. The summed E-state index contributed by atoms with van der Waals surface area (Å²) in [4.78, 5) is -0.140. The summed E-state index contributed by atoms with van der Waals surface area (Å²) in [6, 6.07) is 8.53. The quantitative estimate of drug-likeness (QED) is 0.785. The first-order valence-electron chi connectivity index (χ1n) is 6.62. The van der Waals surface area contributed by atoms with Crippen LogP contribution in [0.3, 0.4) is 0 Å². The van der Waals surface area contributed by atoms with Crippen LogP contribution in [0.5, 0.6) is 5.75 Å². The Morgan fingerprint density at radius 2 is 1.61 bits per heavy atom. The van der Waals surface area contributed by atoms with Crippen LogP contribution in [0.15, 0.2) is 47.4 Å². The lowest BCUT2D eigenvalue weighted by molar-refractivity contribution is 0.146. The molecule has 0 spiro atoms. The second-order valence-corrected chi connectivity index (χ2v) is 6.20. The molecule has 0 atom stereocenters.